The lowest BCUT2D eigenvalue weighted by Crippen LogP contribution is -2.62. The van der Waals surface area contributed by atoms with Gasteiger partial charge in [0, 0.05) is 49.0 Å². The summed E-state index contributed by atoms with van der Waals surface area (Å²) in [5.41, 5.74) is 3.26. The molecule has 2 heterocycles. The Bertz CT molecular complexity index is 1360. The molecule has 2 aliphatic rings. The van der Waals surface area contributed by atoms with Crippen LogP contribution in [0.25, 0.3) is 10.9 Å². The van der Waals surface area contributed by atoms with Crippen LogP contribution in [0.5, 0.6) is 0 Å². The van der Waals surface area contributed by atoms with Crippen molar-refractivity contribution in [3.63, 3.8) is 0 Å². The molecule has 0 amide bonds. The van der Waals surface area contributed by atoms with Gasteiger partial charge in [-0.2, -0.15) is 0 Å². The number of nitrogens with one attached hydrogen (secondary N) is 2. The van der Waals surface area contributed by atoms with Gasteiger partial charge in [0.25, 0.3) is 5.56 Å². The summed E-state index contributed by atoms with van der Waals surface area (Å²) in [5, 5.41) is 8.80. The molecule has 2 N–H and O–H groups in total. The minimum Gasteiger partial charge on any atom is -0.357 e. The molecule has 40 heavy (non-hydrogen) atoms. The highest BCUT2D eigenvalue weighted by Gasteiger charge is 2.38. The number of anilines is 1. The summed E-state index contributed by atoms with van der Waals surface area (Å²) in [6.45, 7) is 13.0. The molecule has 1 unspecified atom stereocenters. The van der Waals surface area contributed by atoms with Crippen LogP contribution in [0.3, 0.4) is 0 Å². The molecular weight excluding hydrogens is 520 g/mol. The maximum atomic E-state index is 13.3. The summed E-state index contributed by atoms with van der Waals surface area (Å²) in [6, 6.07) is 14.7. The number of aromatic nitrogens is 2. The quantitative estimate of drug-likeness (QED) is 0.356. The maximum Gasteiger partial charge on any atom is 0.261 e. The number of halogens is 1. The van der Waals surface area contributed by atoms with Crippen molar-refractivity contribution >= 4 is 28.2 Å². The Hall–Kier alpha value is -2.45. The van der Waals surface area contributed by atoms with Crippen molar-refractivity contribution in [1.82, 2.24) is 24.7 Å². The van der Waals surface area contributed by atoms with Crippen molar-refractivity contribution in [3.05, 3.63) is 69.7 Å². The first kappa shape index (κ1) is 29.1. The molecule has 7 nitrogen and oxygen atoms in total. The maximum absolute atomic E-state index is 13.3. The molecule has 0 spiro atoms. The van der Waals surface area contributed by atoms with Crippen LogP contribution in [0.4, 0.5) is 5.69 Å². The van der Waals surface area contributed by atoms with Gasteiger partial charge in [-0.3, -0.25) is 19.2 Å². The summed E-state index contributed by atoms with van der Waals surface area (Å²) in [5.74, 6) is 0.628. The lowest BCUT2D eigenvalue weighted by Gasteiger charge is -2.49. The second kappa shape index (κ2) is 12.2. The van der Waals surface area contributed by atoms with Crippen molar-refractivity contribution < 1.29 is 0 Å². The Balaban J connectivity index is 1.36. The van der Waals surface area contributed by atoms with Gasteiger partial charge in [0.05, 0.1) is 17.2 Å². The first-order valence-corrected chi connectivity index (χ1v) is 15.2. The van der Waals surface area contributed by atoms with Crippen LogP contribution >= 0.6 is 11.6 Å². The molecule has 0 bridgehead atoms. The van der Waals surface area contributed by atoms with Crippen LogP contribution in [0.1, 0.15) is 52.5 Å². The summed E-state index contributed by atoms with van der Waals surface area (Å²) in [4.78, 5) is 23.1. The van der Waals surface area contributed by atoms with E-state index in [1.807, 2.05) is 42.5 Å². The molecule has 1 saturated heterocycles. The van der Waals surface area contributed by atoms with E-state index in [2.05, 4.69) is 60.2 Å². The van der Waals surface area contributed by atoms with Crippen LogP contribution in [-0.2, 0) is 13.0 Å². The second-order valence-electron chi connectivity index (χ2n) is 12.8. The molecule has 4 atom stereocenters. The fraction of sp³-hybridized carbons (Fsp3) is 0.562. The van der Waals surface area contributed by atoms with Crippen molar-refractivity contribution in [2.24, 2.45) is 11.3 Å². The minimum absolute atomic E-state index is 0.00578. The molecule has 8 heteroatoms. The first-order valence-electron chi connectivity index (χ1n) is 14.8. The highest BCUT2D eigenvalue weighted by atomic mass is 35.5. The summed E-state index contributed by atoms with van der Waals surface area (Å²) in [7, 11) is 2.28. The SMILES string of the molecule is C[C@H]1CN(C(Nc2ccc3c(=O)n(CCc4ccc(Cl)cc4)cnc3c2)N(C)[C@H]2CCC(C)(C)C[C@@H]2C)CCN1. The third-order valence-corrected chi connectivity index (χ3v) is 9.23. The van der Waals surface area contributed by atoms with E-state index in [1.165, 1.54) is 19.3 Å². The average Bonchev–Trinajstić information content (AvgIpc) is 2.91. The molecule has 1 aliphatic carbocycles. The number of rotatable bonds is 8. The topological polar surface area (TPSA) is 65.4 Å². The molecular formula is C32H45ClN6O. The van der Waals surface area contributed by atoms with E-state index < -0.39 is 0 Å². The van der Waals surface area contributed by atoms with Gasteiger partial charge < -0.3 is 10.6 Å². The Morgan fingerprint density at radius 1 is 1.20 bits per heavy atom. The predicted octanol–water partition coefficient (Wildman–Crippen LogP) is 5.43. The summed E-state index contributed by atoms with van der Waals surface area (Å²) >= 11 is 6.01. The minimum atomic E-state index is -0.00578. The molecule has 0 radical (unpaired) electrons. The van der Waals surface area contributed by atoms with Gasteiger partial charge in [-0.1, -0.05) is 44.5 Å². The zero-order chi connectivity index (χ0) is 28.4. The van der Waals surface area contributed by atoms with Gasteiger partial charge >= 0.3 is 0 Å². The third kappa shape index (κ3) is 6.71. The van der Waals surface area contributed by atoms with Crippen LogP contribution in [0, 0.1) is 11.3 Å². The van der Waals surface area contributed by atoms with Crippen molar-refractivity contribution in [2.45, 2.75) is 78.3 Å². The van der Waals surface area contributed by atoms with Crippen molar-refractivity contribution in [1.29, 1.82) is 0 Å². The van der Waals surface area contributed by atoms with Crippen LogP contribution in [-0.4, -0.2) is 64.4 Å². The third-order valence-electron chi connectivity index (χ3n) is 8.98. The van der Waals surface area contributed by atoms with E-state index in [4.69, 9.17) is 11.6 Å². The number of benzene rings is 2. The fourth-order valence-electron chi connectivity index (χ4n) is 6.81. The number of fused-ring (bicyclic) bond motifs is 1. The first-order chi connectivity index (χ1) is 19.1. The number of nitrogens with zero attached hydrogens (tertiary/aromatic N) is 4. The standard InChI is InChI=1S/C32H45ClN6O/c1-22-19-32(3,4)14-12-29(22)37(5)31(38-17-15-34-23(2)20-38)36-26-10-11-27-28(18-26)35-21-39(30(27)40)16-13-24-6-8-25(33)9-7-24/h6-11,18,21-23,29,31,34,36H,12-17,19-20H2,1-5H3/t22-,23-,29-,31?/m0/s1. The molecule has 2 fully saturated rings. The van der Waals surface area contributed by atoms with Crippen molar-refractivity contribution in [3.8, 4) is 0 Å². The molecule has 1 aromatic heterocycles. The van der Waals surface area contributed by atoms with E-state index in [0.717, 1.165) is 47.8 Å². The zero-order valence-electron chi connectivity index (χ0n) is 24.7. The van der Waals surface area contributed by atoms with Gasteiger partial charge in [-0.15, -0.1) is 0 Å². The Morgan fingerprint density at radius 2 is 1.98 bits per heavy atom. The van der Waals surface area contributed by atoms with Gasteiger partial charge in [-0.05, 0) is 86.9 Å². The van der Waals surface area contributed by atoms with Crippen LogP contribution in [0.2, 0.25) is 5.02 Å². The monoisotopic (exact) mass is 564 g/mol. The largest absolute Gasteiger partial charge is 0.357 e. The fourth-order valence-corrected chi connectivity index (χ4v) is 6.94. The van der Waals surface area contributed by atoms with Gasteiger partial charge in [0.2, 0.25) is 0 Å². The van der Waals surface area contributed by atoms with Gasteiger partial charge in [0.15, 0.2) is 0 Å². The molecule has 1 saturated carbocycles. The second-order valence-corrected chi connectivity index (χ2v) is 13.3. The highest BCUT2D eigenvalue weighted by Crippen LogP contribution is 2.40. The lowest BCUT2D eigenvalue weighted by atomic mass is 9.70. The molecule has 5 rings (SSSR count). The Kier molecular flexibility index (Phi) is 8.86. The van der Waals surface area contributed by atoms with Crippen LogP contribution < -0.4 is 16.2 Å². The lowest BCUT2D eigenvalue weighted by molar-refractivity contribution is -0.0111. The van der Waals surface area contributed by atoms with E-state index in [0.29, 0.717) is 35.3 Å². The average molecular weight is 565 g/mol. The predicted molar refractivity (Wildman–Crippen MR) is 166 cm³/mol. The van der Waals surface area contributed by atoms with Crippen LogP contribution in [0.15, 0.2) is 53.6 Å². The molecule has 216 valence electrons. The van der Waals surface area contributed by atoms with E-state index >= 15 is 0 Å². The van der Waals surface area contributed by atoms with E-state index in [1.54, 1.807) is 10.9 Å². The van der Waals surface area contributed by atoms with Gasteiger partial charge in [0.1, 0.15) is 6.29 Å². The normalized spacial score (nSPS) is 24.3. The van der Waals surface area contributed by atoms with Crippen molar-refractivity contribution in [2.75, 3.05) is 32.0 Å². The number of aryl methyl sites for hydroxylation is 2. The summed E-state index contributed by atoms with van der Waals surface area (Å²) in [6.07, 6.45) is 6.20. The Labute approximate surface area is 243 Å². The smallest absolute Gasteiger partial charge is 0.261 e. The zero-order valence-corrected chi connectivity index (χ0v) is 25.4. The summed E-state index contributed by atoms with van der Waals surface area (Å²) < 4.78 is 1.70. The molecule has 1 aliphatic heterocycles. The highest BCUT2D eigenvalue weighted by molar-refractivity contribution is 6.30. The Morgan fingerprint density at radius 3 is 2.70 bits per heavy atom. The number of hydrogen-bond acceptors (Lipinski definition) is 6. The molecule has 2 aromatic carbocycles. The number of piperazine rings is 1. The van der Waals surface area contributed by atoms with E-state index in [9.17, 15) is 4.79 Å². The molecule has 3 aromatic rings. The number of hydrogen-bond donors (Lipinski definition) is 2. The van der Waals surface area contributed by atoms with Gasteiger partial charge in [-0.25, -0.2) is 4.98 Å². The van der Waals surface area contributed by atoms with E-state index in [-0.39, 0.29) is 11.8 Å².